The molecular weight excluding hydrogens is 362 g/mol. The van der Waals surface area contributed by atoms with Gasteiger partial charge in [-0.1, -0.05) is 27.7 Å². The molecule has 7 heteroatoms. The van der Waals surface area contributed by atoms with Gasteiger partial charge in [0.25, 0.3) is 5.92 Å². The molecule has 0 radical (unpaired) electrons. The average molecular weight is 405 g/mol. The number of likely N-dealkylation sites (tertiary alicyclic amines) is 3. The smallest absolute Gasteiger partial charge is 0.264 e. The van der Waals surface area contributed by atoms with E-state index in [1.165, 1.54) is 6.42 Å². The van der Waals surface area contributed by atoms with Gasteiger partial charge in [-0.05, 0) is 38.9 Å². The van der Waals surface area contributed by atoms with Gasteiger partial charge in [0.2, 0.25) is 5.91 Å². The number of fused-ring (bicyclic) bond motifs is 2. The molecule has 4 atom stereocenters. The predicted molar refractivity (Wildman–Crippen MR) is 112 cm³/mol. The molecule has 28 heavy (non-hydrogen) atoms. The summed E-state index contributed by atoms with van der Waals surface area (Å²) in [6.07, 6.45) is 1.19. The van der Waals surface area contributed by atoms with E-state index in [2.05, 4.69) is 17.3 Å². The van der Waals surface area contributed by atoms with E-state index < -0.39 is 11.8 Å². The van der Waals surface area contributed by atoms with E-state index in [4.69, 9.17) is 0 Å². The number of nitrogens with one attached hydrogen (secondary N) is 1. The first kappa shape index (κ1) is 25.2. The zero-order valence-corrected chi connectivity index (χ0v) is 19.0. The second-order valence-electron chi connectivity index (χ2n) is 8.12. The van der Waals surface area contributed by atoms with Crippen molar-refractivity contribution in [2.24, 2.45) is 23.7 Å². The van der Waals surface area contributed by atoms with Gasteiger partial charge in [0.05, 0.1) is 12.5 Å². The molecule has 0 spiro atoms. The number of alkyl halides is 2. The van der Waals surface area contributed by atoms with Crippen LogP contribution >= 0.6 is 0 Å². The summed E-state index contributed by atoms with van der Waals surface area (Å²) < 4.78 is 26.5. The Bertz CT molecular complexity index is 477. The van der Waals surface area contributed by atoms with Crippen molar-refractivity contribution < 1.29 is 13.6 Å². The predicted octanol–water partition coefficient (Wildman–Crippen LogP) is 2.48. The van der Waals surface area contributed by atoms with Crippen LogP contribution in [0.25, 0.3) is 0 Å². The largest absolute Gasteiger partial charge is 0.345 e. The van der Waals surface area contributed by atoms with Gasteiger partial charge in [-0.3, -0.25) is 4.79 Å². The van der Waals surface area contributed by atoms with Gasteiger partial charge < -0.3 is 20.0 Å². The second-order valence-corrected chi connectivity index (χ2v) is 8.12. The van der Waals surface area contributed by atoms with E-state index in [1.54, 1.807) is 0 Å². The van der Waals surface area contributed by atoms with E-state index in [-0.39, 0.29) is 12.5 Å². The highest BCUT2D eigenvalue weighted by Gasteiger charge is 2.50. The number of hydrogen-bond donors (Lipinski definition) is 1. The van der Waals surface area contributed by atoms with E-state index in [9.17, 15) is 13.6 Å². The quantitative estimate of drug-likeness (QED) is 0.673. The topological polar surface area (TPSA) is 38.8 Å². The van der Waals surface area contributed by atoms with Crippen LogP contribution in [0.3, 0.4) is 0 Å². The lowest BCUT2D eigenvalue weighted by Gasteiger charge is -2.33. The Morgan fingerprint density at radius 3 is 2.11 bits per heavy atom. The first-order valence-electron chi connectivity index (χ1n) is 11.0. The van der Waals surface area contributed by atoms with Crippen LogP contribution in [0.15, 0.2) is 0 Å². The highest BCUT2D eigenvalue weighted by molar-refractivity contribution is 5.80. The third-order valence-electron chi connectivity index (χ3n) is 6.09. The van der Waals surface area contributed by atoms with Gasteiger partial charge in [-0.15, -0.1) is 0 Å². The molecule has 0 aliphatic carbocycles. The third-order valence-corrected chi connectivity index (χ3v) is 6.09. The van der Waals surface area contributed by atoms with Crippen LogP contribution in [0, 0.1) is 23.7 Å². The monoisotopic (exact) mass is 404 g/mol. The minimum absolute atomic E-state index is 0.137. The summed E-state index contributed by atoms with van der Waals surface area (Å²) in [4.78, 5) is 17.8. The maximum absolute atomic E-state index is 13.2. The molecular formula is C21H42F2N4O. The lowest BCUT2D eigenvalue weighted by molar-refractivity contribution is -0.137. The van der Waals surface area contributed by atoms with Crippen LogP contribution in [0.4, 0.5) is 8.78 Å². The van der Waals surface area contributed by atoms with Crippen molar-refractivity contribution in [3.63, 3.8) is 0 Å². The Balaban J connectivity index is 0.000000238. The van der Waals surface area contributed by atoms with Crippen LogP contribution in [-0.2, 0) is 4.79 Å². The molecule has 0 saturated carbocycles. The van der Waals surface area contributed by atoms with Crippen molar-refractivity contribution in [1.82, 2.24) is 20.0 Å². The maximum atomic E-state index is 13.2. The lowest BCUT2D eigenvalue weighted by Crippen LogP contribution is -2.50. The fourth-order valence-corrected chi connectivity index (χ4v) is 4.74. The summed E-state index contributed by atoms with van der Waals surface area (Å²) >= 11 is 0. The van der Waals surface area contributed by atoms with Crippen molar-refractivity contribution in [3.05, 3.63) is 0 Å². The molecule has 4 saturated heterocycles. The number of carbonyl (C=O) groups is 1. The molecule has 4 rings (SSSR count). The molecule has 1 amide bonds. The highest BCUT2D eigenvalue weighted by atomic mass is 19.3. The molecule has 4 aliphatic rings. The minimum Gasteiger partial charge on any atom is -0.345 e. The Morgan fingerprint density at radius 1 is 0.929 bits per heavy atom. The zero-order chi connectivity index (χ0) is 21.5. The summed E-state index contributed by atoms with van der Waals surface area (Å²) in [5, 5.41) is 2.79. The average Bonchev–Trinajstić information content (AvgIpc) is 3.25. The molecule has 166 valence electrons. The normalized spacial score (nSPS) is 34.0. The Labute approximate surface area is 170 Å². The number of amides is 1. The molecule has 1 N–H and O–H groups in total. The Morgan fingerprint density at radius 2 is 1.50 bits per heavy atom. The van der Waals surface area contributed by atoms with Crippen molar-refractivity contribution >= 4 is 5.91 Å². The van der Waals surface area contributed by atoms with Gasteiger partial charge in [0.1, 0.15) is 0 Å². The summed E-state index contributed by atoms with van der Waals surface area (Å²) in [5.74, 6) is -1.46. The van der Waals surface area contributed by atoms with Gasteiger partial charge in [0, 0.05) is 45.7 Å². The number of nitrogens with zero attached hydrogens (tertiary/aromatic N) is 3. The van der Waals surface area contributed by atoms with E-state index >= 15 is 0 Å². The summed E-state index contributed by atoms with van der Waals surface area (Å²) in [6, 6.07) is 0. The van der Waals surface area contributed by atoms with Gasteiger partial charge >= 0.3 is 0 Å². The van der Waals surface area contributed by atoms with Crippen molar-refractivity contribution in [3.8, 4) is 0 Å². The summed E-state index contributed by atoms with van der Waals surface area (Å²) in [5.41, 5.74) is 0. The summed E-state index contributed by atoms with van der Waals surface area (Å²) in [6.45, 7) is 13.0. The number of rotatable bonds is 0. The second kappa shape index (κ2) is 11.4. The fourth-order valence-electron chi connectivity index (χ4n) is 4.74. The van der Waals surface area contributed by atoms with E-state index in [0.29, 0.717) is 24.3 Å². The summed E-state index contributed by atoms with van der Waals surface area (Å²) in [7, 11) is 5.93. The molecule has 0 aromatic heterocycles. The van der Waals surface area contributed by atoms with Gasteiger partial charge in [-0.25, -0.2) is 8.78 Å². The van der Waals surface area contributed by atoms with Gasteiger partial charge in [-0.2, -0.15) is 0 Å². The number of carbonyl (C=O) groups excluding carboxylic acids is 1. The molecule has 0 aromatic rings. The molecule has 4 fully saturated rings. The number of hydrogen-bond acceptors (Lipinski definition) is 4. The lowest BCUT2D eigenvalue weighted by atomic mass is 9.87. The van der Waals surface area contributed by atoms with Crippen molar-refractivity contribution in [2.45, 2.75) is 40.0 Å². The third kappa shape index (κ3) is 6.10. The molecule has 4 unspecified atom stereocenters. The van der Waals surface area contributed by atoms with Crippen LogP contribution < -0.4 is 5.32 Å². The van der Waals surface area contributed by atoms with E-state index in [0.717, 1.165) is 32.7 Å². The van der Waals surface area contributed by atoms with E-state index in [1.807, 2.05) is 51.6 Å². The van der Waals surface area contributed by atoms with Crippen molar-refractivity contribution in [1.29, 1.82) is 0 Å². The van der Waals surface area contributed by atoms with Crippen molar-refractivity contribution in [2.75, 3.05) is 67.0 Å². The van der Waals surface area contributed by atoms with Crippen LogP contribution in [-0.4, -0.2) is 93.5 Å². The Hall–Kier alpha value is -0.790. The Kier molecular flexibility index (Phi) is 10.3. The molecule has 0 aromatic carbocycles. The van der Waals surface area contributed by atoms with Crippen LogP contribution in [0.2, 0.25) is 0 Å². The standard InChI is InChI=1S/C9H16N2O.C8H14F2N2.2C2H6/c1-10-5-7-3-4-11(2)9(12)8(7)6-10;1-12-3-6-2-11-5-8(9,10)7(6)4-12;2*1-2/h7-8H,3-6H2,1-2H3;6-7,11H,2-5H2,1H3;2*1-2H3. The molecule has 0 bridgehead atoms. The maximum Gasteiger partial charge on any atom is 0.264 e. The zero-order valence-electron chi connectivity index (χ0n) is 19.0. The van der Waals surface area contributed by atoms with Crippen LogP contribution in [0.5, 0.6) is 0 Å². The van der Waals surface area contributed by atoms with Gasteiger partial charge in [0.15, 0.2) is 0 Å². The molecule has 4 aliphatic heterocycles. The fraction of sp³-hybridized carbons (Fsp3) is 0.952. The first-order chi connectivity index (χ1) is 13.3. The van der Waals surface area contributed by atoms with Crippen LogP contribution in [0.1, 0.15) is 34.1 Å². The number of piperidine rings is 2. The minimum atomic E-state index is -2.49. The number of halogens is 2. The SMILES string of the molecule is CC.CC.CN1CC2CCN(C)C(=O)C2C1.CN1CC2CNCC(F)(F)C2C1. The highest BCUT2D eigenvalue weighted by Crippen LogP contribution is 2.37. The molecule has 5 nitrogen and oxygen atoms in total. The first-order valence-corrected chi connectivity index (χ1v) is 11.0. The molecule has 4 heterocycles.